The summed E-state index contributed by atoms with van der Waals surface area (Å²) < 4.78 is 0. The fourth-order valence-electron chi connectivity index (χ4n) is 1.59. The Morgan fingerprint density at radius 3 is 2.81 bits per heavy atom. The van der Waals surface area contributed by atoms with Crippen LogP contribution in [0.2, 0.25) is 0 Å². The van der Waals surface area contributed by atoms with Gasteiger partial charge < -0.3 is 22.8 Å². The number of hydrogen-bond acceptors (Lipinski definition) is 3. The van der Waals surface area contributed by atoms with Crippen LogP contribution in [0.1, 0.15) is 11.1 Å². The second-order valence-corrected chi connectivity index (χ2v) is 3.36. The van der Waals surface area contributed by atoms with Crippen LogP contribution in [-0.4, -0.2) is 16.6 Å². The van der Waals surface area contributed by atoms with Crippen molar-refractivity contribution in [3.05, 3.63) is 45.9 Å². The second kappa shape index (κ2) is 4.84. The minimum Gasteiger partial charge on any atom is -1.00 e. The molecule has 0 bridgehead atoms. The lowest BCUT2D eigenvalue weighted by Gasteiger charge is -2.01. The zero-order valence-corrected chi connectivity index (χ0v) is 9.43. The SMILES string of the molecule is Cc1cc(O)[nH]c(=O)c1C1=CCNC=[C+]1.[Cl-]. The molecule has 0 amide bonds. The van der Waals surface area contributed by atoms with Crippen LogP contribution in [0.4, 0.5) is 0 Å². The van der Waals surface area contributed by atoms with Gasteiger partial charge in [-0.05, 0) is 6.92 Å². The van der Waals surface area contributed by atoms with Crippen molar-refractivity contribution in [3.8, 4) is 5.88 Å². The Morgan fingerprint density at radius 2 is 2.25 bits per heavy atom. The summed E-state index contributed by atoms with van der Waals surface area (Å²) in [6, 6.07) is 1.53. The van der Waals surface area contributed by atoms with Crippen LogP contribution in [0.5, 0.6) is 5.88 Å². The summed E-state index contributed by atoms with van der Waals surface area (Å²) in [6.45, 7) is 2.47. The smallest absolute Gasteiger partial charge is 0.316 e. The number of rotatable bonds is 1. The van der Waals surface area contributed by atoms with E-state index in [9.17, 15) is 9.90 Å². The van der Waals surface area contributed by atoms with Crippen LogP contribution in [-0.2, 0) is 0 Å². The van der Waals surface area contributed by atoms with Crippen molar-refractivity contribution in [1.82, 2.24) is 10.3 Å². The van der Waals surface area contributed by atoms with E-state index in [1.54, 1.807) is 13.1 Å². The molecule has 1 aromatic heterocycles. The third-order valence-electron chi connectivity index (χ3n) is 2.24. The fourth-order valence-corrected chi connectivity index (χ4v) is 1.59. The molecule has 1 aliphatic heterocycles. The van der Waals surface area contributed by atoms with Crippen molar-refractivity contribution >= 4 is 5.57 Å². The van der Waals surface area contributed by atoms with Crippen molar-refractivity contribution in [2.24, 2.45) is 0 Å². The molecule has 4 nitrogen and oxygen atoms in total. The molecule has 0 fully saturated rings. The lowest BCUT2D eigenvalue weighted by molar-refractivity contribution is -0.00000444. The molecule has 0 aromatic carbocycles. The van der Waals surface area contributed by atoms with E-state index in [1.165, 1.54) is 6.07 Å². The largest absolute Gasteiger partial charge is 1.00 e. The van der Waals surface area contributed by atoms with Crippen LogP contribution in [0.3, 0.4) is 0 Å². The summed E-state index contributed by atoms with van der Waals surface area (Å²) in [7, 11) is 0. The molecular formula is C11H11ClN2O2. The van der Waals surface area contributed by atoms with Crippen molar-refractivity contribution in [1.29, 1.82) is 0 Å². The molecule has 0 saturated carbocycles. The monoisotopic (exact) mass is 238 g/mol. The van der Waals surface area contributed by atoms with Crippen molar-refractivity contribution in [3.63, 3.8) is 0 Å². The summed E-state index contributed by atoms with van der Waals surface area (Å²) >= 11 is 0. The molecule has 16 heavy (non-hydrogen) atoms. The number of dihydropyridines is 1. The Hall–Kier alpha value is -1.77. The molecule has 0 unspecified atom stereocenters. The first kappa shape index (κ1) is 12.3. The molecule has 0 aliphatic carbocycles. The molecule has 5 heteroatoms. The molecule has 0 spiro atoms. The highest BCUT2D eigenvalue weighted by Crippen LogP contribution is 2.18. The first-order chi connectivity index (χ1) is 7.18. The van der Waals surface area contributed by atoms with E-state index in [1.807, 2.05) is 6.08 Å². The Kier molecular flexibility index (Phi) is 3.72. The summed E-state index contributed by atoms with van der Waals surface area (Å²) in [5.74, 6) is -0.111. The highest BCUT2D eigenvalue weighted by molar-refractivity contribution is 5.73. The number of aromatic hydroxyl groups is 1. The van der Waals surface area contributed by atoms with Gasteiger partial charge in [-0.1, -0.05) is 0 Å². The Morgan fingerprint density at radius 1 is 1.50 bits per heavy atom. The van der Waals surface area contributed by atoms with Gasteiger partial charge in [0.2, 0.25) is 5.57 Å². The summed E-state index contributed by atoms with van der Waals surface area (Å²) in [5.41, 5.74) is 1.77. The highest BCUT2D eigenvalue weighted by Gasteiger charge is 2.20. The molecule has 1 aromatic rings. The van der Waals surface area contributed by atoms with Gasteiger partial charge in [-0.25, -0.2) is 0 Å². The molecule has 2 heterocycles. The van der Waals surface area contributed by atoms with Crippen molar-refractivity contribution in [2.45, 2.75) is 6.92 Å². The van der Waals surface area contributed by atoms with Crippen LogP contribution in [0.15, 0.2) is 23.1 Å². The first-order valence-corrected chi connectivity index (χ1v) is 4.63. The number of pyridine rings is 1. The summed E-state index contributed by atoms with van der Waals surface area (Å²) in [6.07, 6.45) is 6.53. The van der Waals surface area contributed by atoms with Crippen LogP contribution in [0.25, 0.3) is 5.57 Å². The van der Waals surface area contributed by atoms with Crippen LogP contribution >= 0.6 is 0 Å². The van der Waals surface area contributed by atoms with Gasteiger partial charge in [-0.15, -0.1) is 0 Å². The number of H-pyrrole nitrogens is 1. The van der Waals surface area contributed by atoms with Gasteiger partial charge in [0.25, 0.3) is 0 Å². The molecule has 3 N–H and O–H groups in total. The van der Waals surface area contributed by atoms with Gasteiger partial charge in [0, 0.05) is 11.6 Å². The molecule has 1 aliphatic rings. The van der Waals surface area contributed by atoms with Gasteiger partial charge in [0.05, 0.1) is 18.7 Å². The average molecular weight is 239 g/mol. The number of aryl methyl sites for hydroxylation is 1. The third kappa shape index (κ3) is 2.24. The van der Waals surface area contributed by atoms with Gasteiger partial charge >= 0.3 is 5.56 Å². The predicted molar refractivity (Wildman–Crippen MR) is 57.3 cm³/mol. The molecular weight excluding hydrogens is 228 g/mol. The topological polar surface area (TPSA) is 65.1 Å². The minimum atomic E-state index is -0.290. The van der Waals surface area contributed by atoms with E-state index in [4.69, 9.17) is 0 Å². The first-order valence-electron chi connectivity index (χ1n) is 4.63. The van der Waals surface area contributed by atoms with E-state index in [0.717, 1.165) is 11.1 Å². The lowest BCUT2D eigenvalue weighted by Crippen LogP contribution is -3.00. The highest BCUT2D eigenvalue weighted by atomic mass is 35.5. The number of nitrogens with one attached hydrogen (secondary N) is 2. The standard InChI is InChI=1S/C11H10N2O2.ClH/c1-7-6-9(14)13-11(15)10(7)8-2-4-12-5-3-8;/h2,5-6,12H,4H2,1H3,(H-,13,14,15);1H. The van der Waals surface area contributed by atoms with Gasteiger partial charge in [0.15, 0.2) is 11.4 Å². The van der Waals surface area contributed by atoms with Gasteiger partial charge in [0.1, 0.15) is 6.20 Å². The second-order valence-electron chi connectivity index (χ2n) is 3.36. The molecule has 0 radical (unpaired) electrons. The number of aromatic amines is 1. The molecule has 2 rings (SSSR count). The zero-order chi connectivity index (χ0) is 10.8. The van der Waals surface area contributed by atoms with E-state index >= 15 is 0 Å². The fraction of sp³-hybridized carbons (Fsp3) is 0.182. The number of hydrogen-bond donors (Lipinski definition) is 3. The Balaban J connectivity index is 0.00000128. The maximum Gasteiger partial charge on any atom is 0.316 e. The maximum atomic E-state index is 11.6. The van der Waals surface area contributed by atoms with Crippen molar-refractivity contribution < 1.29 is 17.5 Å². The molecule has 0 atom stereocenters. The minimum absolute atomic E-state index is 0. The molecule has 84 valence electrons. The Bertz CT molecular complexity index is 503. The van der Waals surface area contributed by atoms with E-state index < -0.39 is 0 Å². The van der Waals surface area contributed by atoms with E-state index in [2.05, 4.69) is 16.4 Å². The van der Waals surface area contributed by atoms with E-state index in [-0.39, 0.29) is 23.8 Å². The third-order valence-corrected chi connectivity index (χ3v) is 2.24. The normalized spacial score (nSPS) is 13.2. The van der Waals surface area contributed by atoms with Crippen LogP contribution < -0.4 is 23.3 Å². The van der Waals surface area contributed by atoms with Crippen LogP contribution in [0, 0.1) is 13.0 Å². The van der Waals surface area contributed by atoms with Crippen molar-refractivity contribution in [2.75, 3.05) is 6.54 Å². The van der Waals surface area contributed by atoms with E-state index in [0.29, 0.717) is 12.1 Å². The summed E-state index contributed by atoms with van der Waals surface area (Å²) in [5, 5.41) is 12.2. The quantitative estimate of drug-likeness (QED) is 0.482. The molecule has 0 saturated heterocycles. The van der Waals surface area contributed by atoms with Gasteiger partial charge in [-0.2, -0.15) is 0 Å². The summed E-state index contributed by atoms with van der Waals surface area (Å²) in [4.78, 5) is 14.0. The van der Waals surface area contributed by atoms with Gasteiger partial charge in [-0.3, -0.25) is 9.78 Å². The maximum absolute atomic E-state index is 11.6. The average Bonchev–Trinajstić information content (AvgIpc) is 2.17. The number of allylic oxidation sites excluding steroid dienone is 2. The zero-order valence-electron chi connectivity index (χ0n) is 8.67. The number of halogens is 1. The predicted octanol–water partition coefficient (Wildman–Crippen LogP) is -2.30. The number of aromatic nitrogens is 1. The lowest BCUT2D eigenvalue weighted by atomic mass is 10.0. The Labute approximate surface area is 99.1 Å².